The summed E-state index contributed by atoms with van der Waals surface area (Å²) in [6.45, 7) is 2.12. The normalized spacial score (nSPS) is 28.0. The monoisotopic (exact) mass is 363 g/mol. The van der Waals surface area contributed by atoms with Gasteiger partial charge in [0.2, 0.25) is 0 Å². The number of carboxylic acid groups (broad SMARTS) is 1. The van der Waals surface area contributed by atoms with Crippen LogP contribution in [0.1, 0.15) is 63.9 Å². The molecular formula is C20H29NO5. The third-order valence-electron chi connectivity index (χ3n) is 5.23. The Hall–Kier alpha value is -1.92. The Balaban J connectivity index is 2.13. The second-order valence-corrected chi connectivity index (χ2v) is 7.17. The molecule has 144 valence electrons. The molecule has 0 saturated heterocycles. The zero-order chi connectivity index (χ0) is 19.2. The number of benzene rings is 1. The number of ether oxygens (including phenoxy) is 1. The fourth-order valence-corrected chi connectivity index (χ4v) is 3.59. The van der Waals surface area contributed by atoms with Gasteiger partial charge in [0.25, 0.3) is 0 Å². The van der Waals surface area contributed by atoms with Crippen LogP contribution in [0.2, 0.25) is 0 Å². The van der Waals surface area contributed by atoms with Crippen molar-refractivity contribution in [3.8, 4) is 0 Å². The van der Waals surface area contributed by atoms with Crippen LogP contribution >= 0.6 is 0 Å². The van der Waals surface area contributed by atoms with Gasteiger partial charge in [-0.05, 0) is 24.8 Å². The average Bonchev–Trinajstić information content (AvgIpc) is 2.90. The van der Waals surface area contributed by atoms with E-state index >= 15 is 0 Å². The summed E-state index contributed by atoms with van der Waals surface area (Å²) in [4.78, 5) is 24.0. The van der Waals surface area contributed by atoms with Crippen LogP contribution in [0, 0.1) is 0 Å². The number of carbonyl (C=O) groups excluding carboxylic acids is 1. The number of rotatable bonds is 9. The molecule has 26 heavy (non-hydrogen) atoms. The van der Waals surface area contributed by atoms with E-state index in [1.807, 2.05) is 0 Å². The number of esters is 1. The van der Waals surface area contributed by atoms with Gasteiger partial charge in [0.15, 0.2) is 11.6 Å². The van der Waals surface area contributed by atoms with Crippen molar-refractivity contribution >= 4 is 11.9 Å². The minimum Gasteiger partial charge on any atom is -0.480 e. The lowest BCUT2D eigenvalue weighted by atomic mass is 9.85. The molecule has 0 bridgehead atoms. The van der Waals surface area contributed by atoms with Gasteiger partial charge in [-0.3, -0.25) is 9.59 Å². The fraction of sp³-hybridized carbons (Fsp3) is 0.600. The zero-order valence-corrected chi connectivity index (χ0v) is 15.3. The lowest BCUT2D eigenvalue weighted by molar-refractivity contribution is -0.174. The Morgan fingerprint density at radius 1 is 1.15 bits per heavy atom. The number of carboxylic acids is 1. The molecule has 0 radical (unpaired) electrons. The maximum absolute atomic E-state index is 12.3. The molecular weight excluding hydrogens is 334 g/mol. The molecule has 3 atom stereocenters. The molecule has 1 fully saturated rings. The lowest BCUT2D eigenvalue weighted by Gasteiger charge is -2.35. The minimum absolute atomic E-state index is 0.0299. The van der Waals surface area contributed by atoms with E-state index in [2.05, 4.69) is 6.92 Å². The fourth-order valence-electron chi connectivity index (χ4n) is 3.59. The van der Waals surface area contributed by atoms with Crippen molar-refractivity contribution in [2.24, 2.45) is 5.73 Å². The number of hydrogen-bond acceptors (Lipinski definition) is 5. The summed E-state index contributed by atoms with van der Waals surface area (Å²) in [6.07, 6.45) is 3.91. The summed E-state index contributed by atoms with van der Waals surface area (Å²) in [5.74, 6) is -1.79. The highest BCUT2D eigenvalue weighted by molar-refractivity contribution is 5.81. The maximum Gasteiger partial charge on any atom is 0.327 e. The molecule has 1 saturated carbocycles. The van der Waals surface area contributed by atoms with Gasteiger partial charge in [-0.15, -0.1) is 0 Å². The van der Waals surface area contributed by atoms with Gasteiger partial charge in [-0.2, -0.15) is 0 Å². The standard InChI is InChI=1S/C20H29NO5/c1-2-3-4-5-9-12-16(22)26-17-19(21,18(23)24)13-14-20(17,25)15-10-7-6-8-11-15/h6-8,10-11,17,25H,2-5,9,12-14,21H2,1H3,(H,23,24)/t17-,19+,20+/m1/s1. The molecule has 2 rings (SSSR count). The summed E-state index contributed by atoms with van der Waals surface area (Å²) < 4.78 is 5.47. The van der Waals surface area contributed by atoms with Crippen LogP contribution in [-0.2, 0) is 19.9 Å². The van der Waals surface area contributed by atoms with Gasteiger partial charge in [0, 0.05) is 6.42 Å². The van der Waals surface area contributed by atoms with E-state index in [0.29, 0.717) is 12.0 Å². The molecule has 6 heteroatoms. The van der Waals surface area contributed by atoms with Crippen molar-refractivity contribution in [2.45, 2.75) is 75.5 Å². The van der Waals surface area contributed by atoms with E-state index < -0.39 is 29.2 Å². The van der Waals surface area contributed by atoms with Crippen molar-refractivity contribution in [2.75, 3.05) is 0 Å². The first-order valence-electron chi connectivity index (χ1n) is 9.34. The Kier molecular flexibility index (Phi) is 6.78. The van der Waals surface area contributed by atoms with Gasteiger partial charge >= 0.3 is 11.9 Å². The topological polar surface area (TPSA) is 110 Å². The van der Waals surface area contributed by atoms with Crippen molar-refractivity contribution in [1.29, 1.82) is 0 Å². The summed E-state index contributed by atoms with van der Waals surface area (Å²) in [7, 11) is 0. The maximum atomic E-state index is 12.3. The second-order valence-electron chi connectivity index (χ2n) is 7.17. The number of nitrogens with two attached hydrogens (primary N) is 1. The molecule has 0 aliphatic heterocycles. The van der Waals surface area contributed by atoms with E-state index in [9.17, 15) is 19.8 Å². The van der Waals surface area contributed by atoms with E-state index in [0.717, 1.165) is 25.7 Å². The van der Waals surface area contributed by atoms with Gasteiger partial charge in [0.05, 0.1) is 0 Å². The van der Waals surface area contributed by atoms with Crippen molar-refractivity contribution in [3.05, 3.63) is 35.9 Å². The molecule has 1 aliphatic rings. The smallest absolute Gasteiger partial charge is 0.327 e. The van der Waals surface area contributed by atoms with Crippen molar-refractivity contribution < 1.29 is 24.5 Å². The predicted octanol–water partition coefficient (Wildman–Crippen LogP) is 2.72. The number of unbranched alkanes of at least 4 members (excludes halogenated alkanes) is 4. The average molecular weight is 363 g/mol. The van der Waals surface area contributed by atoms with Gasteiger partial charge < -0.3 is 20.7 Å². The Morgan fingerprint density at radius 2 is 1.81 bits per heavy atom. The summed E-state index contributed by atoms with van der Waals surface area (Å²) in [6, 6.07) is 8.68. The highest BCUT2D eigenvalue weighted by atomic mass is 16.6. The molecule has 0 spiro atoms. The Labute approximate surface area is 154 Å². The highest BCUT2D eigenvalue weighted by Crippen LogP contribution is 2.45. The van der Waals surface area contributed by atoms with Crippen molar-refractivity contribution in [1.82, 2.24) is 0 Å². The van der Waals surface area contributed by atoms with Crippen LogP contribution in [0.25, 0.3) is 0 Å². The van der Waals surface area contributed by atoms with E-state index in [4.69, 9.17) is 10.5 Å². The molecule has 4 N–H and O–H groups in total. The molecule has 1 aromatic carbocycles. The summed E-state index contributed by atoms with van der Waals surface area (Å²) in [5, 5.41) is 20.8. The second kappa shape index (κ2) is 8.64. The minimum atomic E-state index is -1.80. The van der Waals surface area contributed by atoms with Crippen molar-refractivity contribution in [3.63, 3.8) is 0 Å². The lowest BCUT2D eigenvalue weighted by Crippen LogP contribution is -2.60. The molecule has 0 aromatic heterocycles. The first-order chi connectivity index (χ1) is 12.3. The first kappa shape index (κ1) is 20.4. The molecule has 1 aliphatic carbocycles. The van der Waals surface area contributed by atoms with Crippen LogP contribution in [0.5, 0.6) is 0 Å². The van der Waals surface area contributed by atoms with E-state index in [1.165, 1.54) is 0 Å². The molecule has 0 amide bonds. The quantitative estimate of drug-likeness (QED) is 0.460. The number of hydrogen-bond donors (Lipinski definition) is 3. The number of aliphatic carboxylic acids is 1. The SMILES string of the molecule is CCCCCCCC(=O)O[C@@H]1[C@](N)(C(=O)O)CC[C@]1(O)c1ccccc1. The molecule has 6 nitrogen and oxygen atoms in total. The van der Waals surface area contributed by atoms with Gasteiger partial charge in [-0.1, -0.05) is 62.9 Å². The van der Waals surface area contributed by atoms with Crippen LogP contribution in [-0.4, -0.2) is 33.8 Å². The molecule has 0 unspecified atom stereocenters. The number of carbonyl (C=O) groups is 2. The van der Waals surface area contributed by atoms with Crippen LogP contribution in [0.3, 0.4) is 0 Å². The predicted molar refractivity (Wildman–Crippen MR) is 97.4 cm³/mol. The largest absolute Gasteiger partial charge is 0.480 e. The molecule has 0 heterocycles. The van der Waals surface area contributed by atoms with Crippen LogP contribution < -0.4 is 5.73 Å². The molecule has 1 aromatic rings. The first-order valence-corrected chi connectivity index (χ1v) is 9.34. The summed E-state index contributed by atoms with van der Waals surface area (Å²) >= 11 is 0. The third kappa shape index (κ3) is 4.24. The van der Waals surface area contributed by atoms with Gasteiger partial charge in [-0.25, -0.2) is 0 Å². The summed E-state index contributed by atoms with van der Waals surface area (Å²) in [5.41, 5.74) is 3.17. The van der Waals surface area contributed by atoms with E-state index in [-0.39, 0.29) is 19.3 Å². The third-order valence-corrected chi connectivity index (χ3v) is 5.23. The Bertz CT molecular complexity index is 620. The van der Waals surface area contributed by atoms with Crippen LogP contribution in [0.4, 0.5) is 0 Å². The zero-order valence-electron chi connectivity index (χ0n) is 15.3. The van der Waals surface area contributed by atoms with Crippen LogP contribution in [0.15, 0.2) is 30.3 Å². The van der Waals surface area contributed by atoms with E-state index in [1.54, 1.807) is 30.3 Å². The highest BCUT2D eigenvalue weighted by Gasteiger charge is 2.61. The van der Waals surface area contributed by atoms with Gasteiger partial charge in [0.1, 0.15) is 5.60 Å². The number of aliphatic hydroxyl groups is 1. The Morgan fingerprint density at radius 3 is 2.42 bits per heavy atom.